The second kappa shape index (κ2) is 7.61. The summed E-state index contributed by atoms with van der Waals surface area (Å²) in [6, 6.07) is 10.5. The summed E-state index contributed by atoms with van der Waals surface area (Å²) in [5.74, 6) is -0.305. The Balaban J connectivity index is 1.74. The van der Waals surface area contributed by atoms with E-state index >= 15 is 0 Å². The highest BCUT2D eigenvalue weighted by Crippen LogP contribution is 2.09. The number of benzene rings is 1. The van der Waals surface area contributed by atoms with Crippen molar-refractivity contribution in [2.75, 3.05) is 32.4 Å². The summed E-state index contributed by atoms with van der Waals surface area (Å²) in [5, 5.41) is 4.21. The standard InChI is InChI=1S/C18H22N4O4S/c1-14-3-5-15(6-4-14)13-22-17(23)8-7-16(19-22)18(24)20-9-11-21(12-10-20)27(2,25)26/h3-8H,9-13H2,1-2H3. The van der Waals surface area contributed by atoms with Crippen molar-refractivity contribution in [3.8, 4) is 0 Å². The van der Waals surface area contributed by atoms with E-state index in [4.69, 9.17) is 0 Å². The van der Waals surface area contributed by atoms with Gasteiger partial charge >= 0.3 is 0 Å². The normalized spacial score (nSPS) is 15.7. The SMILES string of the molecule is Cc1ccc(Cn2nc(C(=O)N3CCN(S(C)(=O)=O)CC3)ccc2=O)cc1. The molecule has 9 heteroatoms. The molecule has 0 spiro atoms. The Labute approximate surface area is 158 Å². The first-order valence-corrected chi connectivity index (χ1v) is 10.5. The number of rotatable bonds is 4. The number of nitrogens with zero attached hydrogens (tertiary/aromatic N) is 4. The number of carbonyl (C=O) groups is 1. The Kier molecular flexibility index (Phi) is 5.43. The molecule has 1 saturated heterocycles. The molecular weight excluding hydrogens is 368 g/mol. The minimum Gasteiger partial charge on any atom is -0.335 e. The highest BCUT2D eigenvalue weighted by atomic mass is 32.2. The van der Waals surface area contributed by atoms with Gasteiger partial charge in [-0.2, -0.15) is 9.40 Å². The van der Waals surface area contributed by atoms with Gasteiger partial charge in [0.2, 0.25) is 10.0 Å². The molecule has 0 atom stereocenters. The maximum atomic E-state index is 12.7. The fraction of sp³-hybridized carbons (Fsp3) is 0.389. The van der Waals surface area contributed by atoms with Crippen molar-refractivity contribution in [1.82, 2.24) is 19.0 Å². The number of piperazine rings is 1. The van der Waals surface area contributed by atoms with E-state index in [1.54, 1.807) is 4.90 Å². The molecule has 27 heavy (non-hydrogen) atoms. The molecule has 0 unspecified atom stereocenters. The lowest BCUT2D eigenvalue weighted by Crippen LogP contribution is -2.50. The van der Waals surface area contributed by atoms with E-state index in [2.05, 4.69) is 5.10 Å². The maximum absolute atomic E-state index is 12.7. The molecule has 3 rings (SSSR count). The van der Waals surface area contributed by atoms with Crippen molar-refractivity contribution in [1.29, 1.82) is 0 Å². The lowest BCUT2D eigenvalue weighted by molar-refractivity contribution is 0.0689. The Morgan fingerprint density at radius 1 is 1.04 bits per heavy atom. The fourth-order valence-electron chi connectivity index (χ4n) is 2.93. The zero-order valence-electron chi connectivity index (χ0n) is 15.3. The van der Waals surface area contributed by atoms with Crippen molar-refractivity contribution in [3.63, 3.8) is 0 Å². The minimum atomic E-state index is -3.26. The van der Waals surface area contributed by atoms with Gasteiger partial charge < -0.3 is 4.90 Å². The van der Waals surface area contributed by atoms with Gasteiger partial charge in [-0.05, 0) is 18.6 Å². The van der Waals surface area contributed by atoms with E-state index in [9.17, 15) is 18.0 Å². The van der Waals surface area contributed by atoms with Gasteiger partial charge in [0, 0.05) is 32.2 Å². The number of sulfonamides is 1. The molecule has 0 aliphatic carbocycles. The first-order valence-electron chi connectivity index (χ1n) is 8.62. The molecule has 1 fully saturated rings. The summed E-state index contributed by atoms with van der Waals surface area (Å²) in [7, 11) is -3.26. The van der Waals surface area contributed by atoms with Crippen LogP contribution in [0.25, 0.3) is 0 Å². The van der Waals surface area contributed by atoms with Crippen LogP contribution < -0.4 is 5.56 Å². The molecule has 2 aromatic rings. The van der Waals surface area contributed by atoms with Crippen molar-refractivity contribution in [2.45, 2.75) is 13.5 Å². The van der Waals surface area contributed by atoms with Crippen LogP contribution in [0.2, 0.25) is 0 Å². The smallest absolute Gasteiger partial charge is 0.274 e. The maximum Gasteiger partial charge on any atom is 0.274 e. The van der Waals surface area contributed by atoms with Crippen molar-refractivity contribution >= 4 is 15.9 Å². The summed E-state index contributed by atoms with van der Waals surface area (Å²) in [4.78, 5) is 26.4. The van der Waals surface area contributed by atoms with E-state index in [0.717, 1.165) is 17.4 Å². The molecular formula is C18H22N4O4S. The van der Waals surface area contributed by atoms with Crippen molar-refractivity contribution < 1.29 is 13.2 Å². The predicted octanol–water partition coefficient (Wildman–Crippen LogP) is 0.317. The number of aromatic nitrogens is 2. The van der Waals surface area contributed by atoms with Gasteiger partial charge in [-0.3, -0.25) is 9.59 Å². The molecule has 0 radical (unpaired) electrons. The van der Waals surface area contributed by atoms with Gasteiger partial charge in [0.1, 0.15) is 5.69 Å². The van der Waals surface area contributed by atoms with Crippen LogP contribution in [0.15, 0.2) is 41.2 Å². The predicted molar refractivity (Wildman–Crippen MR) is 101 cm³/mol. The summed E-state index contributed by atoms with van der Waals surface area (Å²) in [6.45, 7) is 3.37. The average Bonchev–Trinajstić information content (AvgIpc) is 2.64. The average molecular weight is 390 g/mol. The number of carbonyl (C=O) groups excluding carboxylic acids is 1. The molecule has 0 saturated carbocycles. The molecule has 8 nitrogen and oxygen atoms in total. The van der Waals surface area contributed by atoms with Gasteiger partial charge in [0.05, 0.1) is 12.8 Å². The second-order valence-electron chi connectivity index (χ2n) is 6.65. The van der Waals surface area contributed by atoms with E-state index in [-0.39, 0.29) is 36.8 Å². The lowest BCUT2D eigenvalue weighted by atomic mass is 10.1. The number of aryl methyl sites for hydroxylation is 1. The highest BCUT2D eigenvalue weighted by Gasteiger charge is 2.27. The monoisotopic (exact) mass is 390 g/mol. The third kappa shape index (κ3) is 4.61. The molecule has 0 N–H and O–H groups in total. The summed E-state index contributed by atoms with van der Waals surface area (Å²) >= 11 is 0. The number of hydrogen-bond acceptors (Lipinski definition) is 5. The van der Waals surface area contributed by atoms with Gasteiger partial charge in [-0.25, -0.2) is 13.1 Å². The number of amides is 1. The van der Waals surface area contributed by atoms with Gasteiger partial charge in [0.25, 0.3) is 11.5 Å². The largest absolute Gasteiger partial charge is 0.335 e. The van der Waals surface area contributed by atoms with Gasteiger partial charge in [0.15, 0.2) is 0 Å². The fourth-order valence-corrected chi connectivity index (χ4v) is 3.75. The van der Waals surface area contributed by atoms with E-state index < -0.39 is 10.0 Å². The molecule has 2 heterocycles. The second-order valence-corrected chi connectivity index (χ2v) is 8.64. The first kappa shape index (κ1) is 19.2. The zero-order valence-corrected chi connectivity index (χ0v) is 16.1. The topological polar surface area (TPSA) is 92.6 Å². The van der Waals surface area contributed by atoms with Crippen LogP contribution in [0, 0.1) is 6.92 Å². The molecule has 1 aromatic heterocycles. The van der Waals surface area contributed by atoms with Crippen LogP contribution in [0.5, 0.6) is 0 Å². The van der Waals surface area contributed by atoms with Crippen molar-refractivity contribution in [3.05, 3.63) is 63.6 Å². The van der Waals surface area contributed by atoms with E-state index in [1.165, 1.54) is 21.1 Å². The molecule has 1 aliphatic heterocycles. The third-order valence-corrected chi connectivity index (χ3v) is 5.84. The van der Waals surface area contributed by atoms with Crippen LogP contribution in [0.1, 0.15) is 21.6 Å². The van der Waals surface area contributed by atoms with Crippen LogP contribution in [-0.4, -0.2) is 65.7 Å². The van der Waals surface area contributed by atoms with Crippen LogP contribution in [-0.2, 0) is 16.6 Å². The Morgan fingerprint density at radius 3 is 2.26 bits per heavy atom. The van der Waals surface area contributed by atoms with Gasteiger partial charge in [-0.1, -0.05) is 29.8 Å². The Bertz CT molecular complexity index is 991. The van der Waals surface area contributed by atoms with Gasteiger partial charge in [-0.15, -0.1) is 0 Å². The molecule has 1 amide bonds. The quantitative estimate of drug-likeness (QED) is 0.750. The Morgan fingerprint density at radius 2 is 1.67 bits per heavy atom. The summed E-state index contributed by atoms with van der Waals surface area (Å²) in [5.41, 5.74) is 1.93. The molecule has 144 valence electrons. The third-order valence-electron chi connectivity index (χ3n) is 4.53. The van der Waals surface area contributed by atoms with Crippen LogP contribution in [0.4, 0.5) is 0 Å². The van der Waals surface area contributed by atoms with Crippen LogP contribution >= 0.6 is 0 Å². The summed E-state index contributed by atoms with van der Waals surface area (Å²) < 4.78 is 25.8. The first-order chi connectivity index (χ1) is 12.7. The number of hydrogen-bond donors (Lipinski definition) is 0. The van der Waals surface area contributed by atoms with E-state index in [0.29, 0.717) is 13.1 Å². The minimum absolute atomic E-state index is 0.175. The van der Waals surface area contributed by atoms with E-state index in [1.807, 2.05) is 31.2 Å². The Hall–Kier alpha value is -2.52. The summed E-state index contributed by atoms with van der Waals surface area (Å²) in [6.07, 6.45) is 1.16. The molecule has 1 aromatic carbocycles. The lowest BCUT2D eigenvalue weighted by Gasteiger charge is -2.33. The molecule has 0 bridgehead atoms. The zero-order chi connectivity index (χ0) is 19.6. The van der Waals surface area contributed by atoms with Crippen LogP contribution in [0.3, 0.4) is 0 Å². The van der Waals surface area contributed by atoms with Crippen molar-refractivity contribution in [2.24, 2.45) is 0 Å². The highest BCUT2D eigenvalue weighted by molar-refractivity contribution is 7.88. The molecule has 1 aliphatic rings.